The van der Waals surface area contributed by atoms with Gasteiger partial charge in [0.15, 0.2) is 6.10 Å². The van der Waals surface area contributed by atoms with Gasteiger partial charge in [0, 0.05) is 70.0 Å². The van der Waals surface area contributed by atoms with Crippen molar-refractivity contribution in [3.8, 4) is 0 Å². The average Bonchev–Trinajstić information content (AvgIpc) is 3.29. The van der Waals surface area contributed by atoms with Crippen molar-refractivity contribution in [1.29, 1.82) is 0 Å². The second kappa shape index (κ2) is 17.0. The van der Waals surface area contributed by atoms with Gasteiger partial charge in [-0.3, -0.25) is 9.69 Å². The molecule has 3 N–H and O–H groups in total. The minimum atomic E-state index is -4.79. The van der Waals surface area contributed by atoms with E-state index in [4.69, 9.17) is 31.5 Å². The minimum Gasteiger partial charge on any atom is -0.464 e. The van der Waals surface area contributed by atoms with E-state index in [0.29, 0.717) is 64.8 Å². The van der Waals surface area contributed by atoms with Crippen molar-refractivity contribution >= 4 is 47.0 Å². The number of amides is 4. The number of carbonyl (C=O) groups is 4. The van der Waals surface area contributed by atoms with Crippen molar-refractivity contribution < 1.29 is 46.6 Å². The molecular formula is C37H46ClF3N6O7. The van der Waals surface area contributed by atoms with E-state index in [1.165, 1.54) is 11.0 Å². The Bertz CT molecular complexity index is 1690. The number of carbonyl (C=O) groups excluding carboxylic acids is 4. The fraction of sp³-hybridized carbons (Fsp3) is 0.568. The van der Waals surface area contributed by atoms with Crippen molar-refractivity contribution in [2.45, 2.75) is 75.9 Å². The number of fused-ring (bicyclic) bond motifs is 1. The van der Waals surface area contributed by atoms with Gasteiger partial charge in [-0.15, -0.1) is 0 Å². The SMILES string of the molecule is CCOC(=O)COC1CN(C2CCN(C(=O)[C@@H](Cc3cc(Cl)c(N)c(C(F)(F)F)c3)OC(=O)N3CCC(N4CCc5ccccc5NC4=O)CC3)CC2)C1. The number of para-hydroxylation sites is 1. The molecule has 2 aromatic carbocycles. The fourth-order valence-corrected chi connectivity index (χ4v) is 7.87. The minimum absolute atomic E-state index is 0.0453. The molecule has 0 radical (unpaired) electrons. The molecule has 4 heterocycles. The summed E-state index contributed by atoms with van der Waals surface area (Å²) in [5.41, 5.74) is 5.76. The lowest BCUT2D eigenvalue weighted by molar-refractivity contribution is -0.156. The highest BCUT2D eigenvalue weighted by Gasteiger charge is 2.40. The number of urea groups is 1. The fourth-order valence-electron chi connectivity index (χ4n) is 7.63. The van der Waals surface area contributed by atoms with Gasteiger partial charge in [0.2, 0.25) is 0 Å². The summed E-state index contributed by atoms with van der Waals surface area (Å²) in [4.78, 5) is 59.4. The molecule has 17 heteroatoms. The number of nitrogens with zero attached hydrogens (tertiary/aromatic N) is 4. The summed E-state index contributed by atoms with van der Waals surface area (Å²) in [6, 6.07) is 9.59. The summed E-state index contributed by atoms with van der Waals surface area (Å²) >= 11 is 6.11. The number of hydrogen-bond donors (Lipinski definition) is 2. The summed E-state index contributed by atoms with van der Waals surface area (Å²) in [5.74, 6) is -0.926. The van der Waals surface area contributed by atoms with Crippen molar-refractivity contribution in [3.63, 3.8) is 0 Å². The van der Waals surface area contributed by atoms with Gasteiger partial charge in [-0.1, -0.05) is 29.8 Å². The second-order valence-electron chi connectivity index (χ2n) is 14.1. The van der Waals surface area contributed by atoms with E-state index in [1.807, 2.05) is 24.3 Å². The van der Waals surface area contributed by atoms with E-state index in [9.17, 15) is 32.3 Å². The Morgan fingerprint density at radius 2 is 1.65 bits per heavy atom. The molecule has 4 amide bonds. The monoisotopic (exact) mass is 778 g/mol. The molecule has 3 fully saturated rings. The van der Waals surface area contributed by atoms with Crippen LogP contribution in [-0.4, -0.2) is 127 Å². The summed E-state index contributed by atoms with van der Waals surface area (Å²) in [6.45, 7) is 4.95. The predicted molar refractivity (Wildman–Crippen MR) is 193 cm³/mol. The van der Waals surface area contributed by atoms with Crippen LogP contribution < -0.4 is 11.1 Å². The number of alkyl halides is 3. The number of piperidine rings is 2. The van der Waals surface area contributed by atoms with Gasteiger partial charge in [0.1, 0.15) is 6.61 Å². The van der Waals surface area contributed by atoms with Crippen LogP contribution in [0.5, 0.6) is 0 Å². The number of benzene rings is 2. The smallest absolute Gasteiger partial charge is 0.418 e. The zero-order chi connectivity index (χ0) is 38.6. The van der Waals surface area contributed by atoms with Gasteiger partial charge >= 0.3 is 24.3 Å². The molecule has 0 bridgehead atoms. The highest BCUT2D eigenvalue weighted by Crippen LogP contribution is 2.38. The zero-order valence-electron chi connectivity index (χ0n) is 30.1. The van der Waals surface area contributed by atoms with Crippen molar-refractivity contribution in [3.05, 3.63) is 58.1 Å². The Kier molecular flexibility index (Phi) is 12.4. The van der Waals surface area contributed by atoms with E-state index in [-0.39, 0.29) is 67.5 Å². The van der Waals surface area contributed by atoms with Crippen LogP contribution in [0.25, 0.3) is 0 Å². The molecule has 294 valence electrons. The Morgan fingerprint density at radius 3 is 2.33 bits per heavy atom. The van der Waals surface area contributed by atoms with Gasteiger partial charge in [-0.2, -0.15) is 13.2 Å². The maximum atomic E-state index is 14.0. The maximum absolute atomic E-state index is 14.0. The van der Waals surface area contributed by atoms with Crippen LogP contribution in [0, 0.1) is 0 Å². The molecular weight excluding hydrogens is 733 g/mol. The van der Waals surface area contributed by atoms with Crippen LogP contribution in [0.2, 0.25) is 5.02 Å². The topological polar surface area (TPSA) is 147 Å². The molecule has 0 saturated carbocycles. The summed E-state index contributed by atoms with van der Waals surface area (Å²) < 4.78 is 57.8. The Labute approximate surface area is 316 Å². The van der Waals surface area contributed by atoms with Crippen molar-refractivity contribution in [2.75, 3.05) is 70.1 Å². The molecule has 4 aliphatic heterocycles. The Balaban J connectivity index is 1.08. The summed E-state index contributed by atoms with van der Waals surface area (Å²) in [7, 11) is 0. The molecule has 0 unspecified atom stereocenters. The standard InChI is InChI=1S/C37H46ClF3N6O7/c1-2-52-32(48)22-53-27-20-46(21-27)25-8-12-44(13-9-25)34(49)31(19-23-17-28(37(39,40)41)33(42)29(38)18-23)54-36(51)45-14-10-26(11-15-45)47-16-7-24-5-3-4-6-30(24)43-35(47)50/h3-6,17-18,25-27,31H,2,7-16,19-22,42H2,1H3,(H,43,50)/t31-/m1/s1. The molecule has 13 nitrogen and oxygen atoms in total. The molecule has 6 rings (SSSR count). The number of nitrogen functional groups attached to an aromatic ring is 1. The molecule has 3 saturated heterocycles. The van der Waals surface area contributed by atoms with E-state index in [0.717, 1.165) is 17.3 Å². The molecule has 0 aliphatic carbocycles. The quantitative estimate of drug-likeness (QED) is 0.257. The van der Waals surface area contributed by atoms with E-state index in [2.05, 4.69) is 10.2 Å². The van der Waals surface area contributed by atoms with E-state index >= 15 is 0 Å². The van der Waals surface area contributed by atoms with Gasteiger partial charge in [-0.25, -0.2) is 14.4 Å². The van der Waals surface area contributed by atoms with E-state index < -0.39 is 41.5 Å². The van der Waals surface area contributed by atoms with Crippen molar-refractivity contribution in [1.82, 2.24) is 19.6 Å². The normalized spacial score (nSPS) is 19.7. The highest BCUT2D eigenvalue weighted by molar-refractivity contribution is 6.33. The number of hydrogen-bond acceptors (Lipinski definition) is 9. The summed E-state index contributed by atoms with van der Waals surface area (Å²) in [6.07, 6.45) is -4.49. The number of halogens is 4. The molecule has 54 heavy (non-hydrogen) atoms. The largest absolute Gasteiger partial charge is 0.464 e. The van der Waals surface area contributed by atoms with Crippen LogP contribution in [0.4, 0.5) is 34.1 Å². The van der Waals surface area contributed by atoms with Crippen LogP contribution in [0.3, 0.4) is 0 Å². The van der Waals surface area contributed by atoms with Crippen LogP contribution in [0.15, 0.2) is 36.4 Å². The molecule has 1 atom stereocenters. The molecule has 0 aromatic heterocycles. The third-order valence-electron chi connectivity index (χ3n) is 10.7. The van der Waals surface area contributed by atoms with Crippen LogP contribution in [-0.2, 0) is 42.8 Å². The van der Waals surface area contributed by atoms with Crippen molar-refractivity contribution in [2.24, 2.45) is 0 Å². The second-order valence-corrected chi connectivity index (χ2v) is 14.5. The molecule has 2 aromatic rings. The third-order valence-corrected chi connectivity index (χ3v) is 11.0. The molecule has 0 spiro atoms. The number of likely N-dealkylation sites (tertiary alicyclic amines) is 3. The number of esters is 1. The average molecular weight is 779 g/mol. The van der Waals surface area contributed by atoms with Gasteiger partial charge in [0.05, 0.1) is 29.0 Å². The first-order chi connectivity index (χ1) is 25.8. The number of nitrogens with one attached hydrogen (secondary N) is 1. The Morgan fingerprint density at radius 1 is 0.981 bits per heavy atom. The lowest BCUT2D eigenvalue weighted by Crippen LogP contribution is -2.59. The van der Waals surface area contributed by atoms with Gasteiger partial charge < -0.3 is 40.0 Å². The molecule has 4 aliphatic rings. The van der Waals surface area contributed by atoms with Gasteiger partial charge in [0.25, 0.3) is 5.91 Å². The first-order valence-electron chi connectivity index (χ1n) is 18.4. The number of ether oxygens (including phenoxy) is 3. The number of rotatable bonds is 10. The highest BCUT2D eigenvalue weighted by atomic mass is 35.5. The maximum Gasteiger partial charge on any atom is 0.418 e. The van der Waals surface area contributed by atoms with Gasteiger partial charge in [-0.05, 0) is 68.4 Å². The zero-order valence-corrected chi connectivity index (χ0v) is 30.9. The predicted octanol–water partition coefficient (Wildman–Crippen LogP) is 4.80. The summed E-state index contributed by atoms with van der Waals surface area (Å²) in [5, 5.41) is 2.66. The number of anilines is 2. The number of nitrogens with two attached hydrogens (primary N) is 1. The van der Waals surface area contributed by atoms with Crippen LogP contribution in [0.1, 0.15) is 49.3 Å². The Hall–Kier alpha value is -4.28. The van der Waals surface area contributed by atoms with Crippen LogP contribution >= 0.6 is 11.6 Å². The third kappa shape index (κ3) is 9.32. The van der Waals surface area contributed by atoms with E-state index in [1.54, 1.807) is 16.7 Å². The lowest BCUT2D eigenvalue weighted by atomic mass is 9.97. The first-order valence-corrected chi connectivity index (χ1v) is 18.7. The lowest BCUT2D eigenvalue weighted by Gasteiger charge is -2.47. The first kappa shape index (κ1) is 39.4.